The van der Waals surface area contributed by atoms with Gasteiger partial charge in [0.1, 0.15) is 0 Å². The molecule has 0 heterocycles. The Morgan fingerprint density at radius 1 is 1.21 bits per heavy atom. The summed E-state index contributed by atoms with van der Waals surface area (Å²) >= 11 is 1.91. The highest BCUT2D eigenvalue weighted by molar-refractivity contribution is 8.00. The predicted octanol–water partition coefficient (Wildman–Crippen LogP) is 3.08. The molecular formula is C12H19NS. The highest BCUT2D eigenvalue weighted by Gasteiger charge is 2.13. The minimum absolute atomic E-state index is 0.269. The summed E-state index contributed by atoms with van der Waals surface area (Å²) in [6.45, 7) is 7.42. The SMILES string of the molecule is CC(C)(C)Sc1ccccc1CCN. The van der Waals surface area contributed by atoms with Crippen molar-refractivity contribution in [2.45, 2.75) is 36.8 Å². The summed E-state index contributed by atoms with van der Waals surface area (Å²) in [4.78, 5) is 1.37. The fraction of sp³-hybridized carbons (Fsp3) is 0.500. The smallest absolute Gasteiger partial charge is 0.0122 e. The molecule has 0 amide bonds. The van der Waals surface area contributed by atoms with Crippen LogP contribution in [0.25, 0.3) is 0 Å². The maximum absolute atomic E-state index is 5.58. The second kappa shape index (κ2) is 4.85. The molecule has 2 heteroatoms. The van der Waals surface area contributed by atoms with E-state index in [9.17, 15) is 0 Å². The molecule has 14 heavy (non-hydrogen) atoms. The molecule has 1 rings (SSSR count). The topological polar surface area (TPSA) is 26.0 Å². The van der Waals surface area contributed by atoms with E-state index in [-0.39, 0.29) is 4.75 Å². The first-order valence-electron chi connectivity index (χ1n) is 5.00. The molecule has 0 bridgehead atoms. The summed E-state index contributed by atoms with van der Waals surface area (Å²) in [6.07, 6.45) is 0.971. The van der Waals surface area contributed by atoms with Gasteiger partial charge in [-0.15, -0.1) is 11.8 Å². The van der Waals surface area contributed by atoms with E-state index in [1.807, 2.05) is 11.8 Å². The summed E-state index contributed by atoms with van der Waals surface area (Å²) in [5.74, 6) is 0. The Hall–Kier alpha value is -0.470. The molecule has 0 aliphatic heterocycles. The van der Waals surface area contributed by atoms with Crippen LogP contribution in [0.5, 0.6) is 0 Å². The van der Waals surface area contributed by atoms with E-state index in [1.54, 1.807) is 0 Å². The second-order valence-electron chi connectivity index (χ2n) is 4.36. The first kappa shape index (κ1) is 11.6. The van der Waals surface area contributed by atoms with Crippen LogP contribution in [0.15, 0.2) is 29.2 Å². The Morgan fingerprint density at radius 2 is 1.86 bits per heavy atom. The minimum atomic E-state index is 0.269. The lowest BCUT2D eigenvalue weighted by molar-refractivity contribution is 0.800. The van der Waals surface area contributed by atoms with Crippen LogP contribution in [-0.2, 0) is 6.42 Å². The van der Waals surface area contributed by atoms with Gasteiger partial charge in [0.25, 0.3) is 0 Å². The summed E-state index contributed by atoms with van der Waals surface area (Å²) in [7, 11) is 0. The first-order valence-corrected chi connectivity index (χ1v) is 5.81. The Bertz CT molecular complexity index is 289. The van der Waals surface area contributed by atoms with Gasteiger partial charge in [0.2, 0.25) is 0 Å². The van der Waals surface area contributed by atoms with Crippen molar-refractivity contribution in [1.29, 1.82) is 0 Å². The Kier molecular flexibility index (Phi) is 4.02. The molecule has 0 aliphatic rings. The van der Waals surface area contributed by atoms with Crippen LogP contribution < -0.4 is 5.73 Å². The van der Waals surface area contributed by atoms with Crippen LogP contribution in [0.1, 0.15) is 26.3 Å². The lowest BCUT2D eigenvalue weighted by atomic mass is 10.1. The fourth-order valence-corrected chi connectivity index (χ4v) is 2.40. The van der Waals surface area contributed by atoms with Crippen molar-refractivity contribution in [3.8, 4) is 0 Å². The number of hydrogen-bond donors (Lipinski definition) is 1. The van der Waals surface area contributed by atoms with E-state index in [2.05, 4.69) is 45.0 Å². The van der Waals surface area contributed by atoms with Crippen molar-refractivity contribution in [2.75, 3.05) is 6.54 Å². The van der Waals surface area contributed by atoms with Crippen LogP contribution in [0.3, 0.4) is 0 Å². The lowest BCUT2D eigenvalue weighted by Crippen LogP contribution is -2.09. The fourth-order valence-electron chi connectivity index (χ4n) is 1.30. The molecule has 0 aromatic heterocycles. The van der Waals surface area contributed by atoms with Crippen LogP contribution in [-0.4, -0.2) is 11.3 Å². The summed E-state index contributed by atoms with van der Waals surface area (Å²) in [6, 6.07) is 8.52. The summed E-state index contributed by atoms with van der Waals surface area (Å²) < 4.78 is 0.269. The molecule has 78 valence electrons. The number of benzene rings is 1. The monoisotopic (exact) mass is 209 g/mol. The maximum atomic E-state index is 5.58. The molecule has 0 radical (unpaired) electrons. The van der Waals surface area contributed by atoms with Gasteiger partial charge in [-0.05, 0) is 24.6 Å². The van der Waals surface area contributed by atoms with Gasteiger partial charge in [0.15, 0.2) is 0 Å². The molecular weight excluding hydrogens is 190 g/mol. The average molecular weight is 209 g/mol. The number of rotatable bonds is 3. The number of thioether (sulfide) groups is 1. The highest BCUT2D eigenvalue weighted by Crippen LogP contribution is 2.33. The van der Waals surface area contributed by atoms with Crippen molar-refractivity contribution < 1.29 is 0 Å². The van der Waals surface area contributed by atoms with Gasteiger partial charge in [-0.1, -0.05) is 39.0 Å². The molecule has 0 fully saturated rings. The normalized spacial score (nSPS) is 11.7. The molecule has 2 N–H and O–H groups in total. The van der Waals surface area contributed by atoms with Gasteiger partial charge in [-0.2, -0.15) is 0 Å². The van der Waals surface area contributed by atoms with E-state index >= 15 is 0 Å². The third kappa shape index (κ3) is 3.72. The zero-order valence-electron chi connectivity index (χ0n) is 9.21. The van der Waals surface area contributed by atoms with Crippen LogP contribution in [0.4, 0.5) is 0 Å². The van der Waals surface area contributed by atoms with Crippen LogP contribution >= 0.6 is 11.8 Å². The molecule has 0 atom stereocenters. The van der Waals surface area contributed by atoms with E-state index in [4.69, 9.17) is 5.73 Å². The van der Waals surface area contributed by atoms with Gasteiger partial charge in [-0.25, -0.2) is 0 Å². The maximum Gasteiger partial charge on any atom is 0.0122 e. The third-order valence-corrected chi connectivity index (χ3v) is 3.03. The van der Waals surface area contributed by atoms with Gasteiger partial charge in [-0.3, -0.25) is 0 Å². The molecule has 0 saturated carbocycles. The summed E-state index contributed by atoms with van der Waals surface area (Å²) in [5, 5.41) is 0. The van der Waals surface area contributed by atoms with Crippen molar-refractivity contribution in [3.63, 3.8) is 0 Å². The van der Waals surface area contributed by atoms with E-state index in [0.717, 1.165) is 13.0 Å². The number of nitrogens with two attached hydrogens (primary N) is 1. The lowest BCUT2D eigenvalue weighted by Gasteiger charge is -2.19. The minimum Gasteiger partial charge on any atom is -0.330 e. The first-order chi connectivity index (χ1) is 6.53. The third-order valence-electron chi connectivity index (χ3n) is 1.80. The predicted molar refractivity (Wildman–Crippen MR) is 64.8 cm³/mol. The summed E-state index contributed by atoms with van der Waals surface area (Å²) in [5.41, 5.74) is 6.95. The Morgan fingerprint density at radius 3 is 2.43 bits per heavy atom. The highest BCUT2D eigenvalue weighted by atomic mass is 32.2. The van der Waals surface area contributed by atoms with E-state index in [0.29, 0.717) is 0 Å². The average Bonchev–Trinajstić information content (AvgIpc) is 2.06. The van der Waals surface area contributed by atoms with Gasteiger partial charge in [0.05, 0.1) is 0 Å². The van der Waals surface area contributed by atoms with Crippen LogP contribution in [0.2, 0.25) is 0 Å². The standard InChI is InChI=1S/C12H19NS/c1-12(2,3)14-11-7-5-4-6-10(11)8-9-13/h4-7H,8-9,13H2,1-3H3. The number of hydrogen-bond acceptors (Lipinski definition) is 2. The van der Waals surface area contributed by atoms with Gasteiger partial charge >= 0.3 is 0 Å². The van der Waals surface area contributed by atoms with E-state index < -0.39 is 0 Å². The molecule has 1 nitrogen and oxygen atoms in total. The zero-order valence-corrected chi connectivity index (χ0v) is 10.0. The molecule has 0 aliphatic carbocycles. The molecule has 0 unspecified atom stereocenters. The quantitative estimate of drug-likeness (QED) is 0.774. The van der Waals surface area contributed by atoms with Crippen LogP contribution in [0, 0.1) is 0 Å². The Balaban J connectivity index is 2.84. The Labute approximate surface area is 91.1 Å². The van der Waals surface area contributed by atoms with Crippen molar-refractivity contribution in [2.24, 2.45) is 5.73 Å². The van der Waals surface area contributed by atoms with E-state index in [1.165, 1.54) is 10.5 Å². The molecule has 0 spiro atoms. The van der Waals surface area contributed by atoms with Gasteiger partial charge < -0.3 is 5.73 Å². The van der Waals surface area contributed by atoms with Gasteiger partial charge in [0, 0.05) is 9.64 Å². The largest absolute Gasteiger partial charge is 0.330 e. The van der Waals surface area contributed by atoms with Crippen molar-refractivity contribution in [3.05, 3.63) is 29.8 Å². The zero-order chi connectivity index (χ0) is 10.6. The second-order valence-corrected chi connectivity index (χ2v) is 6.23. The van der Waals surface area contributed by atoms with Crippen molar-refractivity contribution >= 4 is 11.8 Å². The van der Waals surface area contributed by atoms with Crippen molar-refractivity contribution in [1.82, 2.24) is 0 Å². The molecule has 1 aromatic carbocycles. The molecule has 0 saturated heterocycles. The molecule has 1 aromatic rings.